The number of amides is 1. The zero-order valence-electron chi connectivity index (χ0n) is 27.2. The van der Waals surface area contributed by atoms with Gasteiger partial charge in [0.15, 0.2) is 5.11 Å². The lowest BCUT2D eigenvalue weighted by atomic mass is 9.97. The molecule has 0 aliphatic carbocycles. The Bertz CT molecular complexity index is 1940. The lowest BCUT2D eigenvalue weighted by molar-refractivity contribution is -0.137. The van der Waals surface area contributed by atoms with Crippen molar-refractivity contribution in [1.82, 2.24) is 19.8 Å². The summed E-state index contributed by atoms with van der Waals surface area (Å²) in [5.41, 5.74) is 2.73. The Morgan fingerprint density at radius 3 is 2.51 bits per heavy atom. The van der Waals surface area contributed by atoms with Crippen LogP contribution in [0.3, 0.4) is 0 Å². The summed E-state index contributed by atoms with van der Waals surface area (Å²) in [6, 6.07) is 28.0. The number of benzene rings is 4. The van der Waals surface area contributed by atoms with Gasteiger partial charge in [0.1, 0.15) is 0 Å². The number of nitriles is 1. The maximum atomic E-state index is 13.6. The molecular formula is C38H37F3N6OS. The molecule has 0 spiro atoms. The Morgan fingerprint density at radius 1 is 1.04 bits per heavy atom. The van der Waals surface area contributed by atoms with Gasteiger partial charge in [-0.25, -0.2) is 4.98 Å². The third-order valence-corrected chi connectivity index (χ3v) is 9.00. The fraction of sp³-hybridized carbons (Fsp3) is 0.263. The minimum Gasteiger partial charge on any atom is -0.351 e. The van der Waals surface area contributed by atoms with Crippen LogP contribution in [0, 0.1) is 17.2 Å². The zero-order valence-corrected chi connectivity index (χ0v) is 28.1. The number of imidazole rings is 1. The van der Waals surface area contributed by atoms with E-state index in [2.05, 4.69) is 28.6 Å². The van der Waals surface area contributed by atoms with Crippen molar-refractivity contribution in [2.75, 3.05) is 11.9 Å². The lowest BCUT2D eigenvalue weighted by Gasteiger charge is -2.33. The van der Waals surface area contributed by atoms with Gasteiger partial charge < -0.3 is 20.1 Å². The number of fused-ring (bicyclic) bond motifs is 1. The average Bonchev–Trinajstić information content (AvgIpc) is 3.53. The van der Waals surface area contributed by atoms with E-state index >= 15 is 0 Å². The highest BCUT2D eigenvalue weighted by Crippen LogP contribution is 2.31. The first-order valence-electron chi connectivity index (χ1n) is 16.0. The molecule has 1 heterocycles. The molecule has 0 aliphatic heterocycles. The van der Waals surface area contributed by atoms with E-state index in [9.17, 15) is 18.0 Å². The molecule has 5 rings (SSSR count). The molecule has 11 heteroatoms. The predicted octanol–water partition coefficient (Wildman–Crippen LogP) is 7.95. The first kappa shape index (κ1) is 35.1. The van der Waals surface area contributed by atoms with Crippen molar-refractivity contribution in [2.24, 2.45) is 5.92 Å². The number of halogens is 3. The Morgan fingerprint density at radius 2 is 1.78 bits per heavy atom. The number of carbonyl (C=O) groups is 1. The van der Waals surface area contributed by atoms with E-state index in [4.69, 9.17) is 17.5 Å². The van der Waals surface area contributed by atoms with Crippen molar-refractivity contribution in [2.45, 2.75) is 52.0 Å². The predicted molar refractivity (Wildman–Crippen MR) is 190 cm³/mol. The van der Waals surface area contributed by atoms with Crippen LogP contribution >= 0.6 is 12.2 Å². The Labute approximate surface area is 289 Å². The SMILES string of the molecule is CC[C@H](C)[C@@H](CN(Cc1cccc2ccccc12)C(=S)Nc1cccc(C(F)(F)F)c1)NC(=O)Cc1cncn1Cc1ccc(C#N)cc1. The average molecular weight is 683 g/mol. The van der Waals surface area contributed by atoms with E-state index in [1.807, 2.05) is 71.0 Å². The molecule has 0 aliphatic rings. The van der Waals surface area contributed by atoms with E-state index in [-0.39, 0.29) is 35.1 Å². The zero-order chi connectivity index (χ0) is 35.0. The molecule has 0 fully saturated rings. The lowest BCUT2D eigenvalue weighted by Crippen LogP contribution is -2.50. The highest BCUT2D eigenvalue weighted by Gasteiger charge is 2.31. The molecule has 4 aromatic carbocycles. The Balaban J connectivity index is 1.37. The summed E-state index contributed by atoms with van der Waals surface area (Å²) in [5, 5.41) is 17.7. The van der Waals surface area contributed by atoms with Gasteiger partial charge in [-0.1, -0.05) is 80.9 Å². The first-order chi connectivity index (χ1) is 23.5. The number of hydrogen-bond acceptors (Lipinski definition) is 4. The number of rotatable bonds is 12. The molecule has 5 aromatic rings. The normalized spacial score (nSPS) is 12.6. The number of thiocarbonyl (C=S) groups is 1. The Kier molecular flexibility index (Phi) is 11.3. The number of nitrogens with zero attached hydrogens (tertiary/aromatic N) is 4. The summed E-state index contributed by atoms with van der Waals surface area (Å²) < 4.78 is 42.4. The molecule has 0 saturated carbocycles. The van der Waals surface area contributed by atoms with E-state index in [1.54, 1.807) is 30.7 Å². The quantitative estimate of drug-likeness (QED) is 0.130. The maximum Gasteiger partial charge on any atom is 0.416 e. The molecule has 0 radical (unpaired) electrons. The highest BCUT2D eigenvalue weighted by atomic mass is 32.1. The van der Waals surface area contributed by atoms with Crippen LogP contribution in [-0.4, -0.2) is 38.1 Å². The third-order valence-electron chi connectivity index (χ3n) is 8.64. The molecule has 0 saturated heterocycles. The third kappa shape index (κ3) is 9.24. The molecule has 2 atom stereocenters. The maximum absolute atomic E-state index is 13.6. The summed E-state index contributed by atoms with van der Waals surface area (Å²) in [7, 11) is 0. The number of aromatic nitrogens is 2. The summed E-state index contributed by atoms with van der Waals surface area (Å²) in [6.45, 7) is 5.28. The van der Waals surface area contributed by atoms with Crippen LogP contribution in [-0.2, 0) is 30.5 Å². The summed E-state index contributed by atoms with van der Waals surface area (Å²) in [6.07, 6.45) is -0.276. The second-order valence-corrected chi connectivity index (χ2v) is 12.5. The Hall–Kier alpha value is -5.21. The van der Waals surface area contributed by atoms with Crippen molar-refractivity contribution >= 4 is 39.7 Å². The van der Waals surface area contributed by atoms with Crippen molar-refractivity contribution < 1.29 is 18.0 Å². The molecule has 252 valence electrons. The van der Waals surface area contributed by atoms with E-state index in [1.165, 1.54) is 6.07 Å². The van der Waals surface area contributed by atoms with Crippen molar-refractivity contribution in [3.8, 4) is 6.07 Å². The largest absolute Gasteiger partial charge is 0.416 e. The van der Waals surface area contributed by atoms with Crippen LogP contribution in [0.25, 0.3) is 10.8 Å². The van der Waals surface area contributed by atoms with Crippen LogP contribution in [0.15, 0.2) is 104 Å². The van der Waals surface area contributed by atoms with Crippen LogP contribution in [0.1, 0.15) is 48.2 Å². The smallest absolute Gasteiger partial charge is 0.351 e. The minimum atomic E-state index is -4.49. The van der Waals surface area contributed by atoms with E-state index < -0.39 is 11.7 Å². The van der Waals surface area contributed by atoms with E-state index in [0.29, 0.717) is 25.2 Å². The van der Waals surface area contributed by atoms with E-state index in [0.717, 1.165) is 46.1 Å². The number of hydrogen-bond donors (Lipinski definition) is 2. The van der Waals surface area contributed by atoms with Gasteiger partial charge in [-0.05, 0) is 70.4 Å². The summed E-state index contributed by atoms with van der Waals surface area (Å²) in [4.78, 5) is 19.7. The van der Waals surface area contributed by atoms with Gasteiger partial charge in [-0.15, -0.1) is 0 Å². The van der Waals surface area contributed by atoms with Gasteiger partial charge in [-0.2, -0.15) is 18.4 Å². The van der Waals surface area contributed by atoms with Crippen molar-refractivity contribution in [3.63, 3.8) is 0 Å². The van der Waals surface area contributed by atoms with Gasteiger partial charge in [0, 0.05) is 43.3 Å². The minimum absolute atomic E-state index is 0.0545. The monoisotopic (exact) mass is 682 g/mol. The summed E-state index contributed by atoms with van der Waals surface area (Å²) >= 11 is 5.85. The topological polar surface area (TPSA) is 86.0 Å². The first-order valence-corrected chi connectivity index (χ1v) is 16.4. The molecular weight excluding hydrogens is 646 g/mol. The molecule has 0 unspecified atom stereocenters. The van der Waals surface area contributed by atoms with Crippen molar-refractivity contribution in [1.29, 1.82) is 5.26 Å². The second-order valence-electron chi connectivity index (χ2n) is 12.1. The van der Waals surface area contributed by atoms with Gasteiger partial charge in [0.25, 0.3) is 0 Å². The van der Waals surface area contributed by atoms with Gasteiger partial charge in [0.05, 0.1) is 29.9 Å². The fourth-order valence-electron chi connectivity index (χ4n) is 5.66. The van der Waals surface area contributed by atoms with Crippen molar-refractivity contribution in [3.05, 3.63) is 131 Å². The molecule has 0 bridgehead atoms. The van der Waals surface area contributed by atoms with Crippen LogP contribution in [0.5, 0.6) is 0 Å². The molecule has 1 aromatic heterocycles. The van der Waals surface area contributed by atoms with Gasteiger partial charge in [-0.3, -0.25) is 4.79 Å². The fourth-order valence-corrected chi connectivity index (χ4v) is 5.92. The number of alkyl halides is 3. The second kappa shape index (κ2) is 15.8. The van der Waals surface area contributed by atoms with Crippen LogP contribution < -0.4 is 10.6 Å². The van der Waals surface area contributed by atoms with Crippen LogP contribution in [0.2, 0.25) is 0 Å². The van der Waals surface area contributed by atoms with Gasteiger partial charge >= 0.3 is 6.18 Å². The molecule has 7 nitrogen and oxygen atoms in total. The number of nitrogens with one attached hydrogen (secondary N) is 2. The number of anilines is 1. The van der Waals surface area contributed by atoms with Crippen LogP contribution in [0.4, 0.5) is 18.9 Å². The molecule has 49 heavy (non-hydrogen) atoms. The standard InChI is InChI=1S/C38H37F3N6OS/c1-3-26(2)35(45-36(48)19-33-21-43-25-47(33)22-28-16-14-27(20-42)15-17-28)24-46(23-30-10-6-9-29-8-4-5-13-34(29)30)37(49)44-32-12-7-11-31(18-32)38(39,40)41/h4-18,21,25-26,35H,3,19,22-24H2,1-2H3,(H,44,49)(H,45,48)/t26-,35+/m0/s1. The number of carbonyl (C=O) groups excluding carboxylic acids is 1. The molecule has 2 N–H and O–H groups in total. The van der Waals surface area contributed by atoms with Gasteiger partial charge in [0.2, 0.25) is 5.91 Å². The summed E-state index contributed by atoms with van der Waals surface area (Å²) in [5.74, 6) is -0.132. The highest BCUT2D eigenvalue weighted by molar-refractivity contribution is 7.80. The molecule has 1 amide bonds.